The van der Waals surface area contributed by atoms with E-state index in [4.69, 9.17) is 16.3 Å². The van der Waals surface area contributed by atoms with Crippen LogP contribution < -0.4 is 0 Å². The summed E-state index contributed by atoms with van der Waals surface area (Å²) in [4.78, 5) is 10.7. The van der Waals surface area contributed by atoms with Crippen molar-refractivity contribution in [3.63, 3.8) is 0 Å². The Kier molecular flexibility index (Phi) is 4.00. The van der Waals surface area contributed by atoms with E-state index in [-0.39, 0.29) is 22.0 Å². The van der Waals surface area contributed by atoms with Gasteiger partial charge in [-0.05, 0) is 19.1 Å². The first-order chi connectivity index (χ1) is 11.0. The summed E-state index contributed by atoms with van der Waals surface area (Å²) in [5.74, 6) is -1.39. The maximum atomic E-state index is 14.7. The third kappa shape index (κ3) is 2.55. The summed E-state index contributed by atoms with van der Waals surface area (Å²) in [5, 5.41) is 0.746. The molecule has 4 nitrogen and oxygen atoms in total. The van der Waals surface area contributed by atoms with Gasteiger partial charge in [-0.15, -0.1) is 0 Å². The molecule has 0 unspecified atom stereocenters. The van der Waals surface area contributed by atoms with Gasteiger partial charge in [0.2, 0.25) is 0 Å². The van der Waals surface area contributed by atoms with Crippen LogP contribution in [0, 0.1) is 18.6 Å². The average Bonchev–Trinajstić information content (AvgIpc) is 3.01. The van der Waals surface area contributed by atoms with Crippen LogP contribution in [-0.4, -0.2) is 23.5 Å². The second-order valence-corrected chi connectivity index (χ2v) is 5.24. The van der Waals surface area contributed by atoms with E-state index in [1.807, 2.05) is 0 Å². The number of hydrogen-bond donors (Lipinski definition) is 1. The first kappa shape index (κ1) is 15.4. The summed E-state index contributed by atoms with van der Waals surface area (Å²) in [6, 6.07) is 4.90. The lowest BCUT2D eigenvalue weighted by molar-refractivity contribution is 0.423. The van der Waals surface area contributed by atoms with Crippen LogP contribution in [0.2, 0.25) is 5.02 Å². The Labute approximate surface area is 135 Å². The number of aliphatic imine (C=N–C) groups is 1. The molecule has 3 aromatic rings. The Morgan fingerprint density at radius 3 is 2.78 bits per heavy atom. The van der Waals surface area contributed by atoms with Crippen molar-refractivity contribution < 1.29 is 13.5 Å². The van der Waals surface area contributed by atoms with Gasteiger partial charge in [-0.1, -0.05) is 17.7 Å². The topological polar surface area (TPSA) is 50.3 Å². The molecule has 0 amide bonds. The molecule has 1 aromatic carbocycles. The van der Waals surface area contributed by atoms with Crippen LogP contribution in [0.5, 0.6) is 0 Å². The predicted molar refractivity (Wildman–Crippen MR) is 86.4 cm³/mol. The zero-order valence-corrected chi connectivity index (χ0v) is 13.1. The molecule has 0 saturated carbocycles. The molecule has 3 rings (SSSR count). The van der Waals surface area contributed by atoms with E-state index in [0.29, 0.717) is 16.6 Å². The zero-order chi connectivity index (χ0) is 16.6. The molecule has 0 atom stereocenters. The molecule has 23 heavy (non-hydrogen) atoms. The van der Waals surface area contributed by atoms with E-state index in [1.54, 1.807) is 25.3 Å². The highest BCUT2D eigenvalue weighted by Crippen LogP contribution is 2.37. The molecule has 0 spiro atoms. The summed E-state index contributed by atoms with van der Waals surface area (Å²) in [5.41, 5.74) is 0.382. The quantitative estimate of drug-likeness (QED) is 0.553. The number of methoxy groups -OCH3 is 1. The summed E-state index contributed by atoms with van der Waals surface area (Å²) in [6.07, 6.45) is 2.67. The fourth-order valence-electron chi connectivity index (χ4n) is 2.32. The lowest BCUT2D eigenvalue weighted by Gasteiger charge is -2.10. The maximum absolute atomic E-state index is 14.7. The number of hydrogen-bond acceptors (Lipinski definition) is 3. The van der Waals surface area contributed by atoms with Gasteiger partial charge in [0.15, 0.2) is 18.0 Å². The molecule has 0 saturated heterocycles. The second-order valence-electron chi connectivity index (χ2n) is 4.86. The SMILES string of the molecule is CO/C=N/c1c(F)c(-c2ccc3cc[nH]c3c2F)nc(C)c1Cl. The first-order valence-corrected chi connectivity index (χ1v) is 7.09. The van der Waals surface area contributed by atoms with E-state index >= 15 is 0 Å². The minimum Gasteiger partial charge on any atom is -0.486 e. The number of fused-ring (bicyclic) bond motifs is 1. The van der Waals surface area contributed by atoms with Crippen molar-refractivity contribution in [1.82, 2.24) is 9.97 Å². The average molecular weight is 336 g/mol. The van der Waals surface area contributed by atoms with Crippen LogP contribution in [0.25, 0.3) is 22.2 Å². The highest BCUT2D eigenvalue weighted by atomic mass is 35.5. The lowest BCUT2D eigenvalue weighted by Crippen LogP contribution is -1.98. The third-order valence-corrected chi connectivity index (χ3v) is 3.88. The largest absolute Gasteiger partial charge is 0.486 e. The predicted octanol–water partition coefficient (Wildman–Crippen LogP) is 4.78. The number of aryl methyl sites for hydroxylation is 1. The fourth-order valence-corrected chi connectivity index (χ4v) is 2.49. The van der Waals surface area contributed by atoms with Crippen molar-refractivity contribution >= 4 is 34.6 Å². The number of benzene rings is 1. The van der Waals surface area contributed by atoms with E-state index < -0.39 is 11.6 Å². The van der Waals surface area contributed by atoms with Crippen molar-refractivity contribution in [2.45, 2.75) is 6.92 Å². The van der Waals surface area contributed by atoms with Crippen LogP contribution in [0.4, 0.5) is 14.5 Å². The molecule has 0 aliphatic rings. The number of aromatic amines is 1. The number of nitrogens with one attached hydrogen (secondary N) is 1. The van der Waals surface area contributed by atoms with E-state index in [2.05, 4.69) is 15.0 Å². The summed E-state index contributed by atoms with van der Waals surface area (Å²) < 4.78 is 34.1. The number of ether oxygens (including phenoxy) is 1. The number of H-pyrrole nitrogens is 1. The number of aromatic nitrogens is 2. The molecule has 118 valence electrons. The van der Waals surface area contributed by atoms with Gasteiger partial charge in [0.05, 0.1) is 23.3 Å². The molecule has 0 fully saturated rings. The smallest absolute Gasteiger partial charge is 0.176 e. The highest BCUT2D eigenvalue weighted by molar-refractivity contribution is 6.33. The summed E-state index contributed by atoms with van der Waals surface area (Å²) in [6.45, 7) is 1.60. The minimum absolute atomic E-state index is 0.0334. The molecule has 2 heterocycles. The molecular weight excluding hydrogens is 324 g/mol. The standard InChI is InChI=1S/C16H12ClF2N3O/c1-8-11(17)16(21-7-23-2)13(19)15(22-8)10-4-3-9-5-6-20-14(9)12(10)18/h3-7,20H,1-2H3/b21-7+. The van der Waals surface area contributed by atoms with E-state index in [9.17, 15) is 8.78 Å². The van der Waals surface area contributed by atoms with Crippen LogP contribution in [0.3, 0.4) is 0 Å². The van der Waals surface area contributed by atoms with E-state index in [1.165, 1.54) is 13.2 Å². The Morgan fingerprint density at radius 1 is 1.26 bits per heavy atom. The number of nitrogens with zero attached hydrogens (tertiary/aromatic N) is 2. The Bertz CT molecular complexity index is 921. The number of rotatable bonds is 3. The molecule has 7 heteroatoms. The number of halogens is 3. The van der Waals surface area contributed by atoms with Gasteiger partial charge in [-0.2, -0.15) is 0 Å². The molecule has 0 radical (unpaired) electrons. The highest BCUT2D eigenvalue weighted by Gasteiger charge is 2.21. The monoisotopic (exact) mass is 335 g/mol. The van der Waals surface area contributed by atoms with Crippen LogP contribution in [0.1, 0.15) is 5.69 Å². The van der Waals surface area contributed by atoms with Crippen molar-refractivity contribution in [2.24, 2.45) is 4.99 Å². The lowest BCUT2D eigenvalue weighted by atomic mass is 10.1. The van der Waals surface area contributed by atoms with Crippen molar-refractivity contribution in [1.29, 1.82) is 0 Å². The molecule has 0 aliphatic heterocycles. The van der Waals surface area contributed by atoms with Gasteiger partial charge in [0, 0.05) is 17.1 Å². The minimum atomic E-state index is -0.807. The molecule has 2 aromatic heterocycles. The molecular formula is C16H12ClF2N3O. The van der Waals surface area contributed by atoms with Gasteiger partial charge in [0.25, 0.3) is 0 Å². The third-order valence-electron chi connectivity index (χ3n) is 3.43. The Balaban J connectivity index is 2.28. The summed E-state index contributed by atoms with van der Waals surface area (Å²) in [7, 11) is 1.38. The first-order valence-electron chi connectivity index (χ1n) is 6.71. The van der Waals surface area contributed by atoms with Crippen molar-refractivity contribution in [3.8, 4) is 11.3 Å². The molecule has 0 bridgehead atoms. The Hall–Kier alpha value is -2.47. The van der Waals surface area contributed by atoms with Crippen LogP contribution >= 0.6 is 11.6 Å². The zero-order valence-electron chi connectivity index (χ0n) is 12.3. The van der Waals surface area contributed by atoms with Crippen molar-refractivity contribution in [3.05, 3.63) is 46.7 Å². The second kappa shape index (κ2) is 5.96. The molecule has 0 aliphatic carbocycles. The van der Waals surface area contributed by atoms with Crippen molar-refractivity contribution in [2.75, 3.05) is 7.11 Å². The molecule has 1 N–H and O–H groups in total. The van der Waals surface area contributed by atoms with Gasteiger partial charge in [0.1, 0.15) is 11.4 Å². The summed E-state index contributed by atoms with van der Waals surface area (Å²) >= 11 is 6.04. The Morgan fingerprint density at radius 2 is 2.04 bits per heavy atom. The van der Waals surface area contributed by atoms with Gasteiger partial charge in [-0.3, -0.25) is 0 Å². The van der Waals surface area contributed by atoms with Gasteiger partial charge < -0.3 is 9.72 Å². The van der Waals surface area contributed by atoms with Crippen LogP contribution in [0.15, 0.2) is 29.4 Å². The van der Waals surface area contributed by atoms with Gasteiger partial charge in [-0.25, -0.2) is 18.8 Å². The van der Waals surface area contributed by atoms with E-state index in [0.717, 1.165) is 6.40 Å². The fraction of sp³-hybridized carbons (Fsp3) is 0.125. The van der Waals surface area contributed by atoms with Crippen LogP contribution in [-0.2, 0) is 4.74 Å². The number of pyridine rings is 1. The normalized spacial score (nSPS) is 11.5. The van der Waals surface area contributed by atoms with Gasteiger partial charge >= 0.3 is 0 Å². The maximum Gasteiger partial charge on any atom is 0.176 e.